The number of unbranched alkanes of at least 4 members (excludes halogenated alkanes) is 1. The van der Waals surface area contributed by atoms with Crippen LogP contribution in [0.1, 0.15) is 87.0 Å². The van der Waals surface area contributed by atoms with Crippen molar-refractivity contribution in [1.82, 2.24) is 24.3 Å². The van der Waals surface area contributed by atoms with Crippen LogP contribution >= 0.6 is 0 Å². The first-order chi connectivity index (χ1) is 27.9. The summed E-state index contributed by atoms with van der Waals surface area (Å²) >= 11 is 0. The molecule has 0 saturated carbocycles. The number of ketones is 3. The summed E-state index contributed by atoms with van der Waals surface area (Å²) in [5.74, 6) is -5.43. The lowest BCUT2D eigenvalue weighted by Gasteiger charge is -2.46. The van der Waals surface area contributed by atoms with Gasteiger partial charge in [0, 0.05) is 68.7 Å². The van der Waals surface area contributed by atoms with Gasteiger partial charge in [-0.15, -0.1) is 0 Å². The van der Waals surface area contributed by atoms with Crippen LogP contribution in [0.15, 0.2) is 37.1 Å². The van der Waals surface area contributed by atoms with Gasteiger partial charge in [0.1, 0.15) is 17.8 Å². The molecule has 3 fully saturated rings. The Kier molecular flexibility index (Phi) is 14.9. The highest BCUT2D eigenvalue weighted by Crippen LogP contribution is 2.42. The van der Waals surface area contributed by atoms with Gasteiger partial charge in [-0.05, 0) is 86.0 Å². The summed E-state index contributed by atoms with van der Waals surface area (Å²) in [7, 11) is 5.16. The van der Waals surface area contributed by atoms with E-state index in [1.165, 1.54) is 25.9 Å². The topological polar surface area (TPSA) is 189 Å². The van der Waals surface area contributed by atoms with Crippen LogP contribution in [0.4, 0.5) is 4.79 Å². The monoisotopic (exact) mass is 825 g/mol. The molecule has 59 heavy (non-hydrogen) atoms. The molecular formula is C43H63N5O11. The molecule has 1 unspecified atom stereocenters. The number of methoxy groups -OCH3 is 1. The van der Waals surface area contributed by atoms with Crippen LogP contribution < -0.4 is 0 Å². The second-order valence-corrected chi connectivity index (χ2v) is 17.0. The van der Waals surface area contributed by atoms with Gasteiger partial charge in [0.25, 0.3) is 0 Å². The molecule has 0 radical (unpaired) electrons. The SMILES string of the molecule is CC[C@H]1OC(=O)[C@H](C)C(=O)[C@H](C)[C@@H](OC2O[C@H](C)C[C@H](N(C)C)[C@H]2O)[C@@](C)(OC)C[C@@H](C)C(=O)C[C@H]2N(CCCCn3cnc(-c4cccnc4)c3)C(=O)O[C@]12C(C)=O. The normalized spacial score (nSPS) is 34.9. The fourth-order valence-electron chi connectivity index (χ4n) is 9.07. The Labute approximate surface area is 347 Å². The number of imidazole rings is 1. The first-order valence-electron chi connectivity index (χ1n) is 20.8. The maximum atomic E-state index is 14.5. The van der Waals surface area contributed by atoms with E-state index in [1.54, 1.807) is 46.4 Å². The van der Waals surface area contributed by atoms with Crippen LogP contribution in [0, 0.1) is 17.8 Å². The molecule has 0 spiro atoms. The minimum atomic E-state index is -2.01. The molecule has 5 rings (SSSR count). The highest BCUT2D eigenvalue weighted by Gasteiger charge is 2.63. The summed E-state index contributed by atoms with van der Waals surface area (Å²) in [4.78, 5) is 82.5. The minimum Gasteiger partial charge on any atom is -0.457 e. The van der Waals surface area contributed by atoms with Gasteiger partial charge in [-0.2, -0.15) is 0 Å². The van der Waals surface area contributed by atoms with E-state index in [4.69, 9.17) is 23.7 Å². The number of ether oxygens (including phenoxy) is 5. The fraction of sp³-hybridized carbons (Fsp3) is 0.698. The second-order valence-electron chi connectivity index (χ2n) is 17.0. The Morgan fingerprint density at radius 1 is 1.10 bits per heavy atom. The van der Waals surface area contributed by atoms with Crippen molar-refractivity contribution in [2.45, 2.75) is 148 Å². The maximum Gasteiger partial charge on any atom is 0.411 e. The summed E-state index contributed by atoms with van der Waals surface area (Å²) in [5, 5.41) is 11.4. The fourth-order valence-corrected chi connectivity index (χ4v) is 9.07. The van der Waals surface area contributed by atoms with E-state index >= 15 is 0 Å². The first kappa shape index (κ1) is 46.0. The number of amides is 1. The number of nitrogens with zero attached hydrogens (tertiary/aromatic N) is 5. The number of Topliss-reactive ketones (excluding diaryl/α,β-unsaturated/α-hetero) is 3. The third-order valence-corrected chi connectivity index (χ3v) is 12.6. The van der Waals surface area contributed by atoms with E-state index in [2.05, 4.69) is 9.97 Å². The van der Waals surface area contributed by atoms with E-state index in [1.807, 2.05) is 48.8 Å². The number of pyridine rings is 1. The van der Waals surface area contributed by atoms with Crippen LogP contribution in [-0.2, 0) is 49.4 Å². The van der Waals surface area contributed by atoms with Gasteiger partial charge in [0.2, 0.25) is 5.60 Å². The molecule has 326 valence electrons. The van der Waals surface area contributed by atoms with Gasteiger partial charge in [0.15, 0.2) is 24.0 Å². The minimum absolute atomic E-state index is 0.0522. The molecule has 0 aromatic carbocycles. The van der Waals surface area contributed by atoms with Gasteiger partial charge >= 0.3 is 12.1 Å². The smallest absolute Gasteiger partial charge is 0.411 e. The van der Waals surface area contributed by atoms with Gasteiger partial charge in [0.05, 0.1) is 35.9 Å². The van der Waals surface area contributed by atoms with E-state index in [0.29, 0.717) is 25.8 Å². The third-order valence-electron chi connectivity index (χ3n) is 12.6. The predicted octanol–water partition coefficient (Wildman–Crippen LogP) is 4.25. The number of likely N-dealkylation sites (N-methyl/N-ethyl adjacent to an activating group) is 1. The van der Waals surface area contributed by atoms with E-state index in [9.17, 15) is 29.1 Å². The highest BCUT2D eigenvalue weighted by atomic mass is 16.7. The zero-order valence-corrected chi connectivity index (χ0v) is 36.2. The number of hydrogen-bond acceptors (Lipinski definition) is 14. The Morgan fingerprint density at radius 3 is 2.44 bits per heavy atom. The van der Waals surface area contributed by atoms with E-state index in [0.717, 1.165) is 11.3 Å². The molecule has 5 heterocycles. The maximum absolute atomic E-state index is 14.5. The Bertz CT molecular complexity index is 1810. The van der Waals surface area contributed by atoms with Crippen LogP contribution in [-0.4, -0.2) is 141 Å². The zero-order chi connectivity index (χ0) is 43.4. The zero-order valence-electron chi connectivity index (χ0n) is 36.2. The van der Waals surface area contributed by atoms with Crippen molar-refractivity contribution >= 4 is 29.4 Å². The molecule has 16 nitrogen and oxygen atoms in total. The molecule has 3 aliphatic heterocycles. The quantitative estimate of drug-likeness (QED) is 0.182. The Morgan fingerprint density at radius 2 is 1.81 bits per heavy atom. The molecule has 2 aromatic heterocycles. The number of rotatable bonds is 12. The second kappa shape index (κ2) is 19.1. The van der Waals surface area contributed by atoms with Crippen molar-refractivity contribution in [2.24, 2.45) is 17.8 Å². The molecular weight excluding hydrogens is 762 g/mol. The third kappa shape index (κ3) is 9.62. The highest BCUT2D eigenvalue weighted by molar-refractivity contribution is 6.00. The standard InChI is InChI=1S/C43H63N5O11/c1-11-35-43(29(6)49)34(48(41(54)59-43)18-13-12-17-47-23-31(45-24-47)30-15-14-16-44-22-30)20-33(50)25(2)21-42(7,55-10)38(27(4)36(51)28(5)39(53)57-35)58-40-37(52)32(46(8)9)19-26(3)56-40/h14-16,22-28,32,34-35,37-38,40,52H,11-13,17-21H2,1-10H3/t25-,26-,27+,28-,32+,34-,35-,37-,38-,40?,42+,43+/m1/s1. The summed E-state index contributed by atoms with van der Waals surface area (Å²) < 4.78 is 32.8. The Balaban J connectivity index is 1.45. The lowest BCUT2D eigenvalue weighted by Crippen LogP contribution is -2.61. The predicted molar refractivity (Wildman–Crippen MR) is 215 cm³/mol. The van der Waals surface area contributed by atoms with Gasteiger partial charge in [-0.1, -0.05) is 20.8 Å². The van der Waals surface area contributed by atoms with Gasteiger partial charge < -0.3 is 43.2 Å². The largest absolute Gasteiger partial charge is 0.457 e. The number of carbonyl (C=O) groups excluding carboxylic acids is 5. The molecule has 0 bridgehead atoms. The van der Waals surface area contributed by atoms with Crippen LogP contribution in [0.5, 0.6) is 0 Å². The number of fused-ring (bicyclic) bond motifs is 1. The molecule has 0 aliphatic carbocycles. The van der Waals surface area contributed by atoms with E-state index < -0.39 is 83.2 Å². The van der Waals surface area contributed by atoms with Crippen molar-refractivity contribution in [3.63, 3.8) is 0 Å². The number of aromatic nitrogens is 3. The average molecular weight is 826 g/mol. The van der Waals surface area contributed by atoms with Crippen LogP contribution in [0.25, 0.3) is 11.3 Å². The summed E-state index contributed by atoms with van der Waals surface area (Å²) in [6, 6.07) is 2.34. The Hall–Kier alpha value is -4.09. The number of aliphatic hydroxyl groups is 1. The van der Waals surface area contributed by atoms with Crippen molar-refractivity contribution in [2.75, 3.05) is 27.7 Å². The molecule has 12 atom stereocenters. The number of carbonyl (C=O) groups is 5. The van der Waals surface area contributed by atoms with Gasteiger partial charge in [-0.3, -0.25) is 24.2 Å². The molecule has 1 amide bonds. The number of esters is 1. The molecule has 3 aliphatic rings. The summed E-state index contributed by atoms with van der Waals surface area (Å²) in [6.07, 6.45) is 2.86. The van der Waals surface area contributed by atoms with Gasteiger partial charge in [-0.25, -0.2) is 9.78 Å². The summed E-state index contributed by atoms with van der Waals surface area (Å²) in [6.45, 7) is 12.1. The lowest BCUT2D eigenvalue weighted by atomic mass is 9.75. The molecule has 2 aromatic rings. The average Bonchev–Trinajstić information content (AvgIpc) is 3.79. The summed E-state index contributed by atoms with van der Waals surface area (Å²) in [5.41, 5.74) is -1.68. The molecule has 1 N–H and O–H groups in total. The molecule has 3 saturated heterocycles. The first-order valence-corrected chi connectivity index (χ1v) is 20.8. The molecule has 16 heteroatoms. The van der Waals surface area contributed by atoms with Crippen LogP contribution in [0.2, 0.25) is 0 Å². The number of hydrogen-bond donors (Lipinski definition) is 1. The van der Waals surface area contributed by atoms with Crippen molar-refractivity contribution in [1.29, 1.82) is 0 Å². The lowest BCUT2D eigenvalue weighted by molar-refractivity contribution is -0.295. The number of cyclic esters (lactones) is 1. The number of aliphatic hydroxyl groups excluding tert-OH is 1. The van der Waals surface area contributed by atoms with Crippen molar-refractivity contribution < 1.29 is 52.8 Å². The van der Waals surface area contributed by atoms with Crippen molar-refractivity contribution in [3.8, 4) is 11.3 Å². The van der Waals surface area contributed by atoms with Crippen molar-refractivity contribution in [3.05, 3.63) is 37.1 Å². The van der Waals surface area contributed by atoms with E-state index in [-0.39, 0.29) is 43.7 Å². The van der Waals surface area contributed by atoms with Crippen LogP contribution in [0.3, 0.4) is 0 Å². The number of aryl methyl sites for hydroxylation is 1.